The van der Waals surface area contributed by atoms with Crippen LogP contribution in [0.3, 0.4) is 0 Å². The van der Waals surface area contributed by atoms with Crippen LogP contribution in [0.25, 0.3) is 11.2 Å². The Morgan fingerprint density at radius 1 is 1.15 bits per heavy atom. The van der Waals surface area contributed by atoms with Gasteiger partial charge in [0.15, 0.2) is 17.0 Å². The second-order valence-electron chi connectivity index (χ2n) is 6.41. The number of aryl methyl sites for hydroxylation is 1. The normalized spacial score (nSPS) is 14.6. The molecule has 0 spiro atoms. The first-order chi connectivity index (χ1) is 13.2. The molecule has 4 rings (SSSR count). The molecule has 1 saturated heterocycles. The van der Waals surface area contributed by atoms with Gasteiger partial charge in [-0.2, -0.15) is 0 Å². The average molecular weight is 366 g/mol. The molecule has 0 unspecified atom stereocenters. The fourth-order valence-corrected chi connectivity index (χ4v) is 3.39. The minimum Gasteiger partial charge on any atom is -0.497 e. The first kappa shape index (κ1) is 17.3. The SMILES string of the molecule is CCn1cnc2c(N3CCN(C(=O)c4cccc(OC)c4)CC3)ncnc21. The van der Waals surface area contributed by atoms with Crippen molar-refractivity contribution in [2.24, 2.45) is 0 Å². The number of ether oxygens (including phenoxy) is 1. The zero-order valence-electron chi connectivity index (χ0n) is 15.5. The van der Waals surface area contributed by atoms with E-state index in [0.717, 1.165) is 23.5 Å². The van der Waals surface area contributed by atoms with Crippen molar-refractivity contribution in [3.05, 3.63) is 42.5 Å². The van der Waals surface area contributed by atoms with E-state index in [1.807, 2.05) is 27.7 Å². The lowest BCUT2D eigenvalue weighted by Gasteiger charge is -2.35. The molecule has 1 aliphatic heterocycles. The molecule has 1 fully saturated rings. The number of amides is 1. The summed E-state index contributed by atoms with van der Waals surface area (Å²) in [4.78, 5) is 30.1. The van der Waals surface area contributed by atoms with E-state index in [-0.39, 0.29) is 5.91 Å². The molecule has 1 aromatic carbocycles. The summed E-state index contributed by atoms with van der Waals surface area (Å²) in [6.45, 7) is 5.56. The van der Waals surface area contributed by atoms with Crippen LogP contribution in [0.15, 0.2) is 36.9 Å². The minimum atomic E-state index is 0.0247. The molecule has 0 N–H and O–H groups in total. The van der Waals surface area contributed by atoms with Crippen molar-refractivity contribution >= 4 is 22.9 Å². The van der Waals surface area contributed by atoms with Gasteiger partial charge in [0.05, 0.1) is 13.4 Å². The number of benzene rings is 1. The van der Waals surface area contributed by atoms with E-state index in [0.29, 0.717) is 37.5 Å². The Morgan fingerprint density at radius 3 is 2.70 bits per heavy atom. The summed E-state index contributed by atoms with van der Waals surface area (Å²) in [6, 6.07) is 7.27. The molecule has 8 heteroatoms. The number of carbonyl (C=O) groups excluding carboxylic acids is 1. The number of fused-ring (bicyclic) bond motifs is 1. The molecular weight excluding hydrogens is 344 g/mol. The van der Waals surface area contributed by atoms with Crippen LogP contribution >= 0.6 is 0 Å². The van der Waals surface area contributed by atoms with Gasteiger partial charge in [-0.1, -0.05) is 6.07 Å². The standard InChI is InChI=1S/C19H22N6O2/c1-3-23-13-22-16-17(23)20-12-21-18(16)24-7-9-25(10-8-24)19(26)14-5-4-6-15(11-14)27-2/h4-6,11-13H,3,7-10H2,1-2H3. The van der Waals surface area contributed by atoms with Crippen molar-refractivity contribution in [3.8, 4) is 5.75 Å². The van der Waals surface area contributed by atoms with Crippen molar-refractivity contribution in [1.29, 1.82) is 0 Å². The third kappa shape index (κ3) is 3.18. The van der Waals surface area contributed by atoms with Crippen molar-refractivity contribution in [2.75, 3.05) is 38.2 Å². The molecule has 1 aliphatic rings. The van der Waals surface area contributed by atoms with Gasteiger partial charge in [-0.3, -0.25) is 4.79 Å². The van der Waals surface area contributed by atoms with E-state index in [4.69, 9.17) is 4.74 Å². The van der Waals surface area contributed by atoms with E-state index >= 15 is 0 Å². The van der Waals surface area contributed by atoms with E-state index in [9.17, 15) is 4.79 Å². The largest absolute Gasteiger partial charge is 0.497 e. The van der Waals surface area contributed by atoms with E-state index in [1.165, 1.54) is 0 Å². The molecule has 3 heterocycles. The Morgan fingerprint density at radius 2 is 1.96 bits per heavy atom. The number of methoxy groups -OCH3 is 1. The van der Waals surface area contributed by atoms with Crippen LogP contribution in [0.5, 0.6) is 5.75 Å². The molecule has 27 heavy (non-hydrogen) atoms. The maximum absolute atomic E-state index is 12.8. The van der Waals surface area contributed by atoms with Crippen molar-refractivity contribution in [2.45, 2.75) is 13.5 Å². The number of rotatable bonds is 4. The van der Waals surface area contributed by atoms with Crippen molar-refractivity contribution in [1.82, 2.24) is 24.4 Å². The molecule has 0 saturated carbocycles. The number of piperazine rings is 1. The number of hydrogen-bond donors (Lipinski definition) is 0. The fraction of sp³-hybridized carbons (Fsp3) is 0.368. The van der Waals surface area contributed by atoms with Crippen molar-refractivity contribution < 1.29 is 9.53 Å². The summed E-state index contributed by atoms with van der Waals surface area (Å²) in [5, 5.41) is 0. The summed E-state index contributed by atoms with van der Waals surface area (Å²) >= 11 is 0. The number of aromatic nitrogens is 4. The third-order valence-electron chi connectivity index (χ3n) is 4.91. The zero-order chi connectivity index (χ0) is 18.8. The maximum atomic E-state index is 12.8. The van der Waals surface area contributed by atoms with Crippen LogP contribution in [-0.4, -0.2) is 63.6 Å². The first-order valence-corrected chi connectivity index (χ1v) is 9.05. The van der Waals surface area contributed by atoms with E-state index in [1.54, 1.807) is 25.8 Å². The van der Waals surface area contributed by atoms with Gasteiger partial charge in [-0.15, -0.1) is 0 Å². The summed E-state index contributed by atoms with van der Waals surface area (Å²) in [5.41, 5.74) is 2.30. The average Bonchev–Trinajstić information content (AvgIpc) is 3.16. The Kier molecular flexibility index (Phi) is 4.62. The van der Waals surface area contributed by atoms with Crippen molar-refractivity contribution in [3.63, 3.8) is 0 Å². The van der Waals surface area contributed by atoms with Gasteiger partial charge in [0, 0.05) is 38.3 Å². The van der Waals surface area contributed by atoms with E-state index < -0.39 is 0 Å². The predicted octanol–water partition coefficient (Wildman–Crippen LogP) is 1.82. The summed E-state index contributed by atoms with van der Waals surface area (Å²) in [7, 11) is 1.60. The highest BCUT2D eigenvalue weighted by Crippen LogP contribution is 2.23. The van der Waals surface area contributed by atoms with Crippen LogP contribution in [0.1, 0.15) is 17.3 Å². The first-order valence-electron chi connectivity index (χ1n) is 9.05. The summed E-state index contributed by atoms with van der Waals surface area (Å²) in [6.07, 6.45) is 3.38. The molecule has 8 nitrogen and oxygen atoms in total. The molecular formula is C19H22N6O2. The highest BCUT2D eigenvalue weighted by atomic mass is 16.5. The lowest BCUT2D eigenvalue weighted by molar-refractivity contribution is 0.0746. The molecule has 0 atom stereocenters. The van der Waals surface area contributed by atoms with Gasteiger partial charge in [0.1, 0.15) is 12.1 Å². The topological polar surface area (TPSA) is 76.4 Å². The molecule has 0 aliphatic carbocycles. The maximum Gasteiger partial charge on any atom is 0.254 e. The van der Waals surface area contributed by atoms with Gasteiger partial charge in [0.25, 0.3) is 5.91 Å². The summed E-state index contributed by atoms with van der Waals surface area (Å²) < 4.78 is 7.22. The van der Waals surface area contributed by atoms with Gasteiger partial charge < -0.3 is 19.1 Å². The van der Waals surface area contributed by atoms with Crippen LogP contribution < -0.4 is 9.64 Å². The number of anilines is 1. The number of imidazole rings is 1. The predicted molar refractivity (Wildman–Crippen MR) is 102 cm³/mol. The fourth-order valence-electron chi connectivity index (χ4n) is 3.39. The third-order valence-corrected chi connectivity index (χ3v) is 4.91. The van der Waals surface area contributed by atoms with E-state index in [2.05, 4.69) is 26.8 Å². The number of hydrogen-bond acceptors (Lipinski definition) is 6. The molecule has 0 bridgehead atoms. The molecule has 0 radical (unpaired) electrons. The zero-order valence-corrected chi connectivity index (χ0v) is 15.5. The minimum absolute atomic E-state index is 0.0247. The van der Waals surface area contributed by atoms with Gasteiger partial charge >= 0.3 is 0 Å². The summed E-state index contributed by atoms with van der Waals surface area (Å²) in [5.74, 6) is 1.55. The monoisotopic (exact) mass is 366 g/mol. The van der Waals surface area contributed by atoms with Crippen LogP contribution in [0.4, 0.5) is 5.82 Å². The smallest absolute Gasteiger partial charge is 0.254 e. The van der Waals surface area contributed by atoms with Gasteiger partial charge in [-0.25, -0.2) is 15.0 Å². The number of carbonyl (C=O) groups is 1. The van der Waals surface area contributed by atoms with Crippen LogP contribution in [-0.2, 0) is 6.54 Å². The van der Waals surface area contributed by atoms with Gasteiger partial charge in [0.2, 0.25) is 0 Å². The second-order valence-corrected chi connectivity index (χ2v) is 6.41. The molecule has 2 aromatic heterocycles. The van der Waals surface area contributed by atoms with Crippen LogP contribution in [0, 0.1) is 0 Å². The quantitative estimate of drug-likeness (QED) is 0.701. The molecule has 140 valence electrons. The van der Waals surface area contributed by atoms with Crippen LogP contribution in [0.2, 0.25) is 0 Å². The lowest BCUT2D eigenvalue weighted by atomic mass is 10.1. The Bertz CT molecular complexity index is 962. The number of nitrogens with zero attached hydrogens (tertiary/aromatic N) is 6. The highest BCUT2D eigenvalue weighted by Gasteiger charge is 2.25. The Labute approximate surface area is 157 Å². The molecule has 3 aromatic rings. The lowest BCUT2D eigenvalue weighted by Crippen LogP contribution is -2.49. The second kappa shape index (κ2) is 7.22. The molecule has 1 amide bonds. The highest BCUT2D eigenvalue weighted by molar-refractivity contribution is 5.95. The Balaban J connectivity index is 1.49. The van der Waals surface area contributed by atoms with Gasteiger partial charge in [-0.05, 0) is 25.1 Å². The Hall–Kier alpha value is -3.16.